The second-order valence-electron chi connectivity index (χ2n) is 5.53. The number of sulfone groups is 1. The molecular formula is C14H15BrN4O3S. The van der Waals surface area contributed by atoms with Gasteiger partial charge in [0.15, 0.2) is 15.7 Å². The summed E-state index contributed by atoms with van der Waals surface area (Å²) < 4.78 is 23.7. The molecule has 1 aromatic carbocycles. The number of nitrogens with one attached hydrogen (secondary N) is 2. The summed E-state index contributed by atoms with van der Waals surface area (Å²) >= 11 is 3.39. The highest BCUT2D eigenvalue weighted by Crippen LogP contribution is 2.23. The van der Waals surface area contributed by atoms with Gasteiger partial charge in [-0.3, -0.25) is 15.6 Å². The molecule has 23 heavy (non-hydrogen) atoms. The summed E-state index contributed by atoms with van der Waals surface area (Å²) in [5.41, 5.74) is 6.12. The molecule has 1 amide bonds. The van der Waals surface area contributed by atoms with Crippen LogP contribution >= 0.6 is 15.9 Å². The van der Waals surface area contributed by atoms with Crippen molar-refractivity contribution in [2.24, 2.45) is 5.92 Å². The predicted molar refractivity (Wildman–Crippen MR) is 90.4 cm³/mol. The lowest BCUT2D eigenvalue weighted by molar-refractivity contribution is -0.121. The number of fused-ring (bicyclic) bond motifs is 1. The lowest BCUT2D eigenvalue weighted by Crippen LogP contribution is -2.31. The van der Waals surface area contributed by atoms with Gasteiger partial charge in [-0.1, -0.05) is 15.9 Å². The predicted octanol–water partition coefficient (Wildman–Crippen LogP) is 1.66. The Morgan fingerprint density at radius 2 is 2.17 bits per heavy atom. The van der Waals surface area contributed by atoms with Gasteiger partial charge >= 0.3 is 0 Å². The first kappa shape index (κ1) is 16.1. The maximum Gasteiger partial charge on any atom is 0.238 e. The number of carbonyl (C=O) groups excluding carboxylic acids is 1. The summed E-state index contributed by atoms with van der Waals surface area (Å²) in [6.45, 7) is 0. The molecular weight excluding hydrogens is 384 g/mol. The van der Waals surface area contributed by atoms with Gasteiger partial charge in [0, 0.05) is 16.3 Å². The number of benzene rings is 1. The van der Waals surface area contributed by atoms with E-state index in [0.29, 0.717) is 12.2 Å². The van der Waals surface area contributed by atoms with Crippen LogP contribution in [0, 0.1) is 5.92 Å². The minimum atomic E-state index is -2.97. The van der Waals surface area contributed by atoms with E-state index in [4.69, 9.17) is 0 Å². The van der Waals surface area contributed by atoms with Crippen LogP contribution in [0.5, 0.6) is 0 Å². The summed E-state index contributed by atoms with van der Waals surface area (Å²) in [6, 6.07) is 5.57. The van der Waals surface area contributed by atoms with E-state index in [1.54, 1.807) is 0 Å². The highest BCUT2D eigenvalue weighted by atomic mass is 79.9. The highest BCUT2D eigenvalue weighted by Gasteiger charge is 2.29. The molecule has 1 aromatic heterocycles. The molecule has 0 saturated carbocycles. The van der Waals surface area contributed by atoms with Crippen LogP contribution in [0.25, 0.3) is 10.9 Å². The number of anilines is 1. The third-order valence-corrected chi connectivity index (χ3v) is 6.05. The van der Waals surface area contributed by atoms with Gasteiger partial charge in [-0.2, -0.15) is 0 Å². The van der Waals surface area contributed by atoms with Gasteiger partial charge in [0.05, 0.1) is 17.0 Å². The second kappa shape index (κ2) is 6.40. The zero-order chi connectivity index (χ0) is 16.4. The molecule has 0 aliphatic carbocycles. The minimum absolute atomic E-state index is 0.0871. The van der Waals surface area contributed by atoms with Gasteiger partial charge in [0.1, 0.15) is 6.33 Å². The largest absolute Gasteiger partial charge is 0.281 e. The number of hydrogen-bond acceptors (Lipinski definition) is 6. The van der Waals surface area contributed by atoms with E-state index in [1.807, 2.05) is 18.2 Å². The Hall–Kier alpha value is -1.74. The number of amides is 1. The van der Waals surface area contributed by atoms with Crippen LogP contribution in [0.3, 0.4) is 0 Å². The topological polar surface area (TPSA) is 101 Å². The molecule has 3 rings (SSSR count). The average Bonchev–Trinajstić information content (AvgIpc) is 2.84. The fourth-order valence-electron chi connectivity index (χ4n) is 2.60. The summed E-state index contributed by atoms with van der Waals surface area (Å²) in [5, 5.41) is 0.769. The van der Waals surface area contributed by atoms with Gasteiger partial charge in [-0.15, -0.1) is 0 Å². The molecule has 2 N–H and O–H groups in total. The van der Waals surface area contributed by atoms with Crippen LogP contribution in [0.1, 0.15) is 12.8 Å². The van der Waals surface area contributed by atoms with Crippen LogP contribution in [-0.4, -0.2) is 35.8 Å². The lowest BCUT2D eigenvalue weighted by atomic mass is 10.1. The fourth-order valence-corrected chi connectivity index (χ4v) is 4.83. The number of hydrogen-bond donors (Lipinski definition) is 2. The smallest absolute Gasteiger partial charge is 0.238 e. The molecule has 1 unspecified atom stereocenters. The maximum absolute atomic E-state index is 12.0. The third kappa shape index (κ3) is 3.97. The van der Waals surface area contributed by atoms with E-state index in [-0.39, 0.29) is 29.8 Å². The Bertz CT molecular complexity index is 856. The van der Waals surface area contributed by atoms with Crippen LogP contribution in [0.2, 0.25) is 0 Å². The third-order valence-electron chi connectivity index (χ3n) is 3.72. The Morgan fingerprint density at radius 1 is 1.35 bits per heavy atom. The summed E-state index contributed by atoms with van der Waals surface area (Å²) in [6.07, 6.45) is 2.13. The normalized spacial score (nSPS) is 19.6. The molecule has 1 fully saturated rings. The van der Waals surface area contributed by atoms with E-state index in [2.05, 4.69) is 36.7 Å². The van der Waals surface area contributed by atoms with Crippen molar-refractivity contribution in [3.63, 3.8) is 0 Å². The van der Waals surface area contributed by atoms with Crippen LogP contribution in [0.4, 0.5) is 5.82 Å². The molecule has 0 radical (unpaired) electrons. The molecule has 2 aromatic rings. The van der Waals surface area contributed by atoms with Crippen molar-refractivity contribution in [3.05, 3.63) is 29.0 Å². The van der Waals surface area contributed by atoms with Crippen molar-refractivity contribution in [1.82, 2.24) is 15.4 Å². The minimum Gasteiger partial charge on any atom is -0.281 e. The molecule has 1 aliphatic rings. The molecule has 0 bridgehead atoms. The Kier molecular flexibility index (Phi) is 4.49. The van der Waals surface area contributed by atoms with Gasteiger partial charge in [-0.05, 0) is 30.5 Å². The molecule has 2 heterocycles. The summed E-state index contributed by atoms with van der Waals surface area (Å²) in [4.78, 5) is 20.2. The van der Waals surface area contributed by atoms with Crippen molar-refractivity contribution < 1.29 is 13.2 Å². The number of aromatic nitrogens is 2. The van der Waals surface area contributed by atoms with Crippen LogP contribution < -0.4 is 10.9 Å². The first-order valence-corrected chi connectivity index (χ1v) is 9.70. The van der Waals surface area contributed by atoms with E-state index in [9.17, 15) is 13.2 Å². The van der Waals surface area contributed by atoms with E-state index < -0.39 is 9.84 Å². The number of nitrogens with zero attached hydrogens (tertiary/aromatic N) is 2. The average molecular weight is 399 g/mol. The molecule has 122 valence electrons. The van der Waals surface area contributed by atoms with Gasteiger partial charge in [0.25, 0.3) is 0 Å². The lowest BCUT2D eigenvalue weighted by Gasteiger charge is -2.11. The van der Waals surface area contributed by atoms with Crippen molar-refractivity contribution in [2.45, 2.75) is 12.8 Å². The molecule has 0 spiro atoms. The summed E-state index contributed by atoms with van der Waals surface area (Å²) in [5.74, 6) is 0.378. The van der Waals surface area contributed by atoms with E-state index >= 15 is 0 Å². The van der Waals surface area contributed by atoms with E-state index in [1.165, 1.54) is 6.33 Å². The quantitative estimate of drug-likeness (QED) is 0.759. The highest BCUT2D eigenvalue weighted by molar-refractivity contribution is 9.10. The van der Waals surface area contributed by atoms with Crippen molar-refractivity contribution in [1.29, 1.82) is 0 Å². The second-order valence-corrected chi connectivity index (χ2v) is 8.67. The fraction of sp³-hybridized carbons (Fsp3) is 0.357. The van der Waals surface area contributed by atoms with Crippen LogP contribution in [-0.2, 0) is 14.6 Å². The number of halogens is 1. The first-order chi connectivity index (χ1) is 10.9. The van der Waals surface area contributed by atoms with E-state index in [0.717, 1.165) is 15.4 Å². The molecule has 7 nitrogen and oxygen atoms in total. The number of carbonyl (C=O) groups is 1. The number of hydrazine groups is 1. The zero-order valence-electron chi connectivity index (χ0n) is 12.1. The van der Waals surface area contributed by atoms with Crippen molar-refractivity contribution in [3.8, 4) is 0 Å². The van der Waals surface area contributed by atoms with Gasteiger partial charge < -0.3 is 0 Å². The monoisotopic (exact) mass is 398 g/mol. The standard InChI is InChI=1S/C14H15BrN4O3S/c15-10-1-2-12-11(6-10)14(17-8-16-12)19-18-13(20)5-9-3-4-23(21,22)7-9/h1-2,6,8-9H,3-5,7H2,(H,18,20)(H,16,17,19). The van der Waals surface area contributed by atoms with Crippen molar-refractivity contribution >= 4 is 48.4 Å². The van der Waals surface area contributed by atoms with Gasteiger partial charge in [0.2, 0.25) is 5.91 Å². The number of rotatable bonds is 4. The molecule has 1 aliphatic heterocycles. The van der Waals surface area contributed by atoms with Crippen molar-refractivity contribution in [2.75, 3.05) is 16.9 Å². The van der Waals surface area contributed by atoms with Crippen LogP contribution in [0.15, 0.2) is 29.0 Å². The first-order valence-electron chi connectivity index (χ1n) is 7.08. The van der Waals surface area contributed by atoms with Gasteiger partial charge in [-0.25, -0.2) is 18.4 Å². The summed E-state index contributed by atoms with van der Waals surface area (Å²) in [7, 11) is -2.97. The maximum atomic E-state index is 12.0. The SMILES string of the molecule is O=C(CC1CCS(=O)(=O)C1)NNc1ncnc2ccc(Br)cc12. The Morgan fingerprint density at radius 3 is 2.91 bits per heavy atom. The molecule has 9 heteroatoms. The Balaban J connectivity index is 1.64. The molecule has 1 atom stereocenters. The Labute approximate surface area is 141 Å². The molecule has 1 saturated heterocycles. The zero-order valence-corrected chi connectivity index (χ0v) is 14.5.